The standard InChI is InChI=1S/C13H12F2N2S/c14-10-5-9(16)6-11(15)13(10)17-3-1-12-8(7-17)2-4-18-12/h2,4-6H,1,3,7,16H2. The first-order chi connectivity index (χ1) is 8.65. The van der Waals surface area contributed by atoms with Gasteiger partial charge in [-0.05, 0) is 35.6 Å². The highest BCUT2D eigenvalue weighted by Gasteiger charge is 2.22. The number of hydrogen-bond donors (Lipinski definition) is 1. The van der Waals surface area contributed by atoms with Crippen LogP contribution in [-0.2, 0) is 13.0 Å². The monoisotopic (exact) mass is 266 g/mol. The summed E-state index contributed by atoms with van der Waals surface area (Å²) in [6, 6.07) is 4.35. The normalized spacial score (nSPS) is 14.7. The fourth-order valence-corrected chi connectivity index (χ4v) is 3.22. The van der Waals surface area contributed by atoms with Crippen molar-refractivity contribution in [3.05, 3.63) is 45.7 Å². The summed E-state index contributed by atoms with van der Waals surface area (Å²) in [5, 5.41) is 2.02. The van der Waals surface area contributed by atoms with Crippen molar-refractivity contribution in [2.45, 2.75) is 13.0 Å². The van der Waals surface area contributed by atoms with Gasteiger partial charge in [-0.3, -0.25) is 0 Å². The number of hydrogen-bond acceptors (Lipinski definition) is 3. The summed E-state index contributed by atoms with van der Waals surface area (Å²) in [5.74, 6) is -1.18. The Hall–Kier alpha value is -1.62. The van der Waals surface area contributed by atoms with Gasteiger partial charge in [-0.2, -0.15) is 0 Å². The number of nitrogens with two attached hydrogens (primary N) is 1. The minimum absolute atomic E-state index is 0.0288. The molecule has 3 rings (SSSR count). The van der Waals surface area contributed by atoms with E-state index in [1.807, 2.05) is 11.4 Å². The van der Waals surface area contributed by atoms with E-state index in [0.29, 0.717) is 13.1 Å². The molecule has 0 spiro atoms. The highest BCUT2D eigenvalue weighted by molar-refractivity contribution is 7.10. The molecule has 0 saturated carbocycles. The zero-order valence-electron chi connectivity index (χ0n) is 9.62. The van der Waals surface area contributed by atoms with Crippen molar-refractivity contribution in [1.29, 1.82) is 0 Å². The number of halogens is 2. The van der Waals surface area contributed by atoms with Crippen LogP contribution in [0, 0.1) is 11.6 Å². The molecule has 2 aromatic rings. The van der Waals surface area contributed by atoms with Gasteiger partial charge in [0.2, 0.25) is 0 Å². The molecule has 5 heteroatoms. The van der Waals surface area contributed by atoms with Gasteiger partial charge in [-0.1, -0.05) is 0 Å². The quantitative estimate of drug-likeness (QED) is 0.803. The molecule has 0 amide bonds. The average Bonchev–Trinajstić information content (AvgIpc) is 2.74. The molecule has 0 saturated heterocycles. The molecule has 18 heavy (non-hydrogen) atoms. The van der Waals surface area contributed by atoms with Crippen LogP contribution in [0.5, 0.6) is 0 Å². The van der Waals surface area contributed by atoms with Crippen molar-refractivity contribution in [3.8, 4) is 0 Å². The van der Waals surface area contributed by atoms with Crippen molar-refractivity contribution >= 4 is 22.7 Å². The molecule has 2 N–H and O–H groups in total. The molecule has 1 aliphatic rings. The maximum absolute atomic E-state index is 13.8. The third-order valence-electron chi connectivity index (χ3n) is 3.16. The van der Waals surface area contributed by atoms with Crippen LogP contribution in [0.3, 0.4) is 0 Å². The van der Waals surface area contributed by atoms with Gasteiger partial charge in [0.25, 0.3) is 0 Å². The van der Waals surface area contributed by atoms with E-state index in [4.69, 9.17) is 5.73 Å². The van der Waals surface area contributed by atoms with E-state index < -0.39 is 11.6 Å². The van der Waals surface area contributed by atoms with Crippen LogP contribution < -0.4 is 10.6 Å². The van der Waals surface area contributed by atoms with Gasteiger partial charge in [0.1, 0.15) is 5.69 Å². The third kappa shape index (κ3) is 1.84. The average molecular weight is 266 g/mol. The summed E-state index contributed by atoms with van der Waals surface area (Å²) >= 11 is 1.70. The second-order valence-electron chi connectivity index (χ2n) is 4.37. The Balaban J connectivity index is 1.98. The minimum Gasteiger partial charge on any atom is -0.399 e. The van der Waals surface area contributed by atoms with Gasteiger partial charge < -0.3 is 10.6 Å². The van der Waals surface area contributed by atoms with Gasteiger partial charge in [-0.25, -0.2) is 8.78 Å². The summed E-state index contributed by atoms with van der Waals surface area (Å²) in [6.45, 7) is 1.18. The summed E-state index contributed by atoms with van der Waals surface area (Å²) in [7, 11) is 0. The fourth-order valence-electron chi connectivity index (χ4n) is 2.33. The lowest BCUT2D eigenvalue weighted by Crippen LogP contribution is -2.31. The Bertz CT molecular complexity index is 571. The number of nitrogen functional groups attached to an aromatic ring is 1. The molecule has 94 valence electrons. The molecular weight excluding hydrogens is 254 g/mol. The highest BCUT2D eigenvalue weighted by atomic mass is 32.1. The highest BCUT2D eigenvalue weighted by Crippen LogP contribution is 2.32. The van der Waals surface area contributed by atoms with Crippen molar-refractivity contribution in [1.82, 2.24) is 0 Å². The van der Waals surface area contributed by atoms with E-state index in [2.05, 4.69) is 0 Å². The SMILES string of the molecule is Nc1cc(F)c(N2CCc3sccc3C2)c(F)c1. The number of thiophene rings is 1. The Morgan fingerprint density at radius 3 is 2.67 bits per heavy atom. The van der Waals surface area contributed by atoms with E-state index in [1.54, 1.807) is 16.2 Å². The van der Waals surface area contributed by atoms with Crippen LogP contribution in [0.1, 0.15) is 10.4 Å². The minimum atomic E-state index is -0.592. The predicted octanol–water partition coefficient (Wildman–Crippen LogP) is 3.17. The van der Waals surface area contributed by atoms with Crippen molar-refractivity contribution in [3.63, 3.8) is 0 Å². The molecule has 1 aliphatic heterocycles. The smallest absolute Gasteiger partial charge is 0.151 e. The van der Waals surface area contributed by atoms with Crippen LogP contribution in [0.15, 0.2) is 23.6 Å². The van der Waals surface area contributed by atoms with Crippen molar-refractivity contribution in [2.75, 3.05) is 17.2 Å². The van der Waals surface area contributed by atoms with Crippen LogP contribution >= 0.6 is 11.3 Å². The van der Waals surface area contributed by atoms with Crippen molar-refractivity contribution in [2.24, 2.45) is 0 Å². The molecular formula is C13H12F2N2S. The van der Waals surface area contributed by atoms with Crippen LogP contribution in [0.25, 0.3) is 0 Å². The molecule has 0 aliphatic carbocycles. The van der Waals surface area contributed by atoms with E-state index >= 15 is 0 Å². The maximum atomic E-state index is 13.8. The van der Waals surface area contributed by atoms with Crippen LogP contribution in [0.4, 0.5) is 20.2 Å². The third-order valence-corrected chi connectivity index (χ3v) is 4.19. The summed E-state index contributed by atoms with van der Waals surface area (Å²) in [6.07, 6.45) is 0.830. The summed E-state index contributed by atoms with van der Waals surface area (Å²) < 4.78 is 27.7. The second-order valence-corrected chi connectivity index (χ2v) is 5.37. The summed E-state index contributed by atoms with van der Waals surface area (Å²) in [4.78, 5) is 3.04. The number of fused-ring (bicyclic) bond motifs is 1. The number of benzene rings is 1. The van der Waals surface area contributed by atoms with E-state index in [-0.39, 0.29) is 11.4 Å². The Kier molecular flexibility index (Phi) is 2.70. The zero-order valence-corrected chi connectivity index (χ0v) is 10.4. The molecule has 0 fully saturated rings. The first-order valence-corrected chi connectivity index (χ1v) is 6.58. The van der Waals surface area contributed by atoms with Gasteiger partial charge in [0.05, 0.1) is 0 Å². The van der Waals surface area contributed by atoms with Gasteiger partial charge in [-0.15, -0.1) is 11.3 Å². The van der Waals surface area contributed by atoms with Gasteiger partial charge in [0, 0.05) is 23.7 Å². The first kappa shape index (κ1) is 11.5. The van der Waals surface area contributed by atoms with Crippen LogP contribution in [0.2, 0.25) is 0 Å². The lowest BCUT2D eigenvalue weighted by molar-refractivity contribution is 0.566. The molecule has 2 heterocycles. The lowest BCUT2D eigenvalue weighted by Gasteiger charge is -2.29. The Morgan fingerprint density at radius 2 is 1.94 bits per heavy atom. The molecule has 0 atom stereocenters. The molecule has 0 radical (unpaired) electrons. The zero-order chi connectivity index (χ0) is 12.7. The second kappa shape index (κ2) is 4.24. The van der Waals surface area contributed by atoms with Gasteiger partial charge in [0.15, 0.2) is 11.6 Å². The molecule has 0 unspecified atom stereocenters. The summed E-state index contributed by atoms with van der Waals surface area (Å²) in [5.41, 5.74) is 6.72. The molecule has 0 bridgehead atoms. The number of rotatable bonds is 1. The van der Waals surface area contributed by atoms with Crippen LogP contribution in [-0.4, -0.2) is 6.54 Å². The fraction of sp³-hybridized carbons (Fsp3) is 0.231. The number of nitrogens with zero attached hydrogens (tertiary/aromatic N) is 1. The first-order valence-electron chi connectivity index (χ1n) is 5.70. The molecule has 2 nitrogen and oxygen atoms in total. The lowest BCUT2D eigenvalue weighted by atomic mass is 10.1. The topological polar surface area (TPSA) is 29.3 Å². The van der Waals surface area contributed by atoms with E-state index in [0.717, 1.165) is 12.0 Å². The largest absolute Gasteiger partial charge is 0.399 e. The van der Waals surface area contributed by atoms with Gasteiger partial charge >= 0.3 is 0 Å². The Labute approximate surface area is 108 Å². The Morgan fingerprint density at radius 1 is 1.22 bits per heavy atom. The molecule has 1 aromatic carbocycles. The predicted molar refractivity (Wildman–Crippen MR) is 69.8 cm³/mol. The van der Waals surface area contributed by atoms with Crippen molar-refractivity contribution < 1.29 is 8.78 Å². The van der Waals surface area contributed by atoms with E-state index in [1.165, 1.54) is 17.0 Å². The number of anilines is 2. The maximum Gasteiger partial charge on any atom is 0.151 e. The van der Waals surface area contributed by atoms with E-state index in [9.17, 15) is 8.78 Å². The molecule has 1 aromatic heterocycles.